The van der Waals surface area contributed by atoms with E-state index in [-0.39, 0.29) is 11.8 Å². The molecule has 1 saturated heterocycles. The Hall–Kier alpha value is -3.13. The molecule has 0 saturated carbocycles. The highest BCUT2D eigenvalue weighted by molar-refractivity contribution is 7.13. The summed E-state index contributed by atoms with van der Waals surface area (Å²) in [5.74, 6) is 2.11. The Balaban J connectivity index is 1.24. The fourth-order valence-electron chi connectivity index (χ4n) is 3.81. The van der Waals surface area contributed by atoms with E-state index in [9.17, 15) is 4.79 Å². The second kappa shape index (κ2) is 8.31. The van der Waals surface area contributed by atoms with Crippen LogP contribution in [0.15, 0.2) is 47.8 Å². The number of piperidine rings is 1. The van der Waals surface area contributed by atoms with Crippen molar-refractivity contribution in [1.82, 2.24) is 10.2 Å². The van der Waals surface area contributed by atoms with Crippen LogP contribution in [-0.2, 0) is 4.79 Å². The molecule has 3 aromatic rings. The lowest BCUT2D eigenvalue weighted by Gasteiger charge is -2.32. The fraction of sp³-hybridized carbons (Fsp3) is 0.318. The summed E-state index contributed by atoms with van der Waals surface area (Å²) in [7, 11) is 0. The van der Waals surface area contributed by atoms with Crippen LogP contribution >= 0.6 is 11.3 Å². The molecule has 154 valence electrons. The number of thiophene rings is 1. The van der Waals surface area contributed by atoms with Gasteiger partial charge >= 0.3 is 0 Å². The third-order valence-electron chi connectivity index (χ3n) is 5.35. The molecule has 1 fully saturated rings. The first-order valence-corrected chi connectivity index (χ1v) is 11.0. The number of fused-ring (bicyclic) bond motifs is 1. The van der Waals surface area contributed by atoms with Gasteiger partial charge in [0.1, 0.15) is 18.9 Å². The van der Waals surface area contributed by atoms with Gasteiger partial charge in [0.15, 0.2) is 17.3 Å². The number of nitrogens with zero attached hydrogens (tertiary/aromatic N) is 3. The number of carbonyl (C=O) groups excluding carboxylic acids is 1. The molecule has 8 heteroatoms. The molecule has 0 radical (unpaired) electrons. The maximum atomic E-state index is 12.9. The van der Waals surface area contributed by atoms with Gasteiger partial charge < -0.3 is 19.7 Å². The zero-order valence-electron chi connectivity index (χ0n) is 16.4. The number of carbonyl (C=O) groups is 1. The molecule has 2 aliphatic rings. The van der Waals surface area contributed by atoms with Crippen LogP contribution in [0.25, 0.3) is 10.6 Å². The molecule has 0 spiro atoms. The number of ether oxygens (including phenoxy) is 2. The van der Waals surface area contributed by atoms with Crippen molar-refractivity contribution >= 4 is 28.7 Å². The van der Waals surface area contributed by atoms with Gasteiger partial charge in [0.25, 0.3) is 0 Å². The number of anilines is 2. The molecule has 1 unspecified atom stereocenters. The maximum absolute atomic E-state index is 12.9. The third kappa shape index (κ3) is 3.95. The summed E-state index contributed by atoms with van der Waals surface area (Å²) in [5.41, 5.74) is 1.60. The van der Waals surface area contributed by atoms with Gasteiger partial charge in [-0.1, -0.05) is 6.07 Å². The third-order valence-corrected chi connectivity index (χ3v) is 6.24. The van der Waals surface area contributed by atoms with Gasteiger partial charge in [0.2, 0.25) is 5.91 Å². The molecular weight excluding hydrogens is 400 g/mol. The molecule has 30 heavy (non-hydrogen) atoms. The first-order valence-electron chi connectivity index (χ1n) is 10.1. The van der Waals surface area contributed by atoms with Crippen LogP contribution in [0.4, 0.5) is 11.5 Å². The van der Waals surface area contributed by atoms with Crippen LogP contribution in [0.1, 0.15) is 12.8 Å². The molecule has 1 N–H and O–H groups in total. The van der Waals surface area contributed by atoms with Crippen molar-refractivity contribution in [2.75, 3.05) is 36.5 Å². The van der Waals surface area contributed by atoms with E-state index in [2.05, 4.69) is 20.4 Å². The van der Waals surface area contributed by atoms with Crippen molar-refractivity contribution in [2.45, 2.75) is 12.8 Å². The van der Waals surface area contributed by atoms with E-state index in [1.54, 1.807) is 11.3 Å². The topological polar surface area (TPSA) is 76.6 Å². The summed E-state index contributed by atoms with van der Waals surface area (Å²) >= 11 is 1.65. The monoisotopic (exact) mass is 422 g/mol. The van der Waals surface area contributed by atoms with E-state index in [1.165, 1.54) is 0 Å². The second-order valence-electron chi connectivity index (χ2n) is 7.39. The Labute approximate surface area is 178 Å². The number of rotatable bonds is 4. The van der Waals surface area contributed by atoms with E-state index in [4.69, 9.17) is 9.47 Å². The van der Waals surface area contributed by atoms with Crippen LogP contribution < -0.4 is 19.7 Å². The molecular formula is C22H22N4O3S. The molecule has 1 atom stereocenters. The first kappa shape index (κ1) is 18.9. The number of hydrogen-bond donors (Lipinski definition) is 1. The molecule has 1 aromatic carbocycles. The summed E-state index contributed by atoms with van der Waals surface area (Å²) in [5, 5.41) is 13.8. The number of nitrogens with one attached hydrogen (secondary N) is 1. The number of amides is 1. The van der Waals surface area contributed by atoms with Crippen LogP contribution in [0, 0.1) is 5.92 Å². The fourth-order valence-corrected chi connectivity index (χ4v) is 4.50. The smallest absolute Gasteiger partial charge is 0.229 e. The quantitative estimate of drug-likeness (QED) is 0.689. The minimum absolute atomic E-state index is 0.0135. The average molecular weight is 423 g/mol. The average Bonchev–Trinajstić information content (AvgIpc) is 3.34. The van der Waals surface area contributed by atoms with Crippen molar-refractivity contribution < 1.29 is 14.3 Å². The van der Waals surface area contributed by atoms with Crippen molar-refractivity contribution in [3.05, 3.63) is 47.8 Å². The molecule has 2 aromatic heterocycles. The zero-order valence-corrected chi connectivity index (χ0v) is 17.2. The second-order valence-corrected chi connectivity index (χ2v) is 8.33. The van der Waals surface area contributed by atoms with Crippen molar-refractivity contribution in [1.29, 1.82) is 0 Å². The lowest BCUT2D eigenvalue weighted by atomic mass is 9.97. The normalized spacial score (nSPS) is 18.1. The van der Waals surface area contributed by atoms with Crippen LogP contribution in [0.2, 0.25) is 0 Å². The number of hydrogen-bond acceptors (Lipinski definition) is 7. The predicted octanol–water partition coefficient (Wildman–Crippen LogP) is 3.83. The van der Waals surface area contributed by atoms with Gasteiger partial charge in [0.05, 0.1) is 10.8 Å². The highest BCUT2D eigenvalue weighted by Gasteiger charge is 2.27. The van der Waals surface area contributed by atoms with Gasteiger partial charge in [0, 0.05) is 24.8 Å². The van der Waals surface area contributed by atoms with Gasteiger partial charge in [-0.05, 0) is 48.6 Å². The van der Waals surface area contributed by atoms with Gasteiger partial charge in [-0.25, -0.2) is 0 Å². The van der Waals surface area contributed by atoms with Gasteiger partial charge in [-0.15, -0.1) is 21.5 Å². The van der Waals surface area contributed by atoms with E-state index < -0.39 is 0 Å². The largest absolute Gasteiger partial charge is 0.486 e. The summed E-state index contributed by atoms with van der Waals surface area (Å²) in [4.78, 5) is 16.1. The Morgan fingerprint density at radius 2 is 2.00 bits per heavy atom. The number of aromatic nitrogens is 2. The summed E-state index contributed by atoms with van der Waals surface area (Å²) in [6.07, 6.45) is 1.79. The predicted molar refractivity (Wildman–Crippen MR) is 116 cm³/mol. The van der Waals surface area contributed by atoms with Crippen LogP contribution in [0.5, 0.6) is 11.5 Å². The Morgan fingerprint density at radius 1 is 1.10 bits per heavy atom. The minimum Gasteiger partial charge on any atom is -0.486 e. The van der Waals surface area contributed by atoms with E-state index in [1.807, 2.05) is 47.8 Å². The van der Waals surface area contributed by atoms with E-state index in [0.717, 1.165) is 41.5 Å². The molecule has 4 heterocycles. The highest BCUT2D eigenvalue weighted by Crippen LogP contribution is 2.33. The minimum atomic E-state index is -0.106. The molecule has 0 bridgehead atoms. The van der Waals surface area contributed by atoms with Crippen LogP contribution in [0.3, 0.4) is 0 Å². The maximum Gasteiger partial charge on any atom is 0.229 e. The Morgan fingerprint density at radius 3 is 2.80 bits per heavy atom. The summed E-state index contributed by atoms with van der Waals surface area (Å²) < 4.78 is 11.1. The van der Waals surface area contributed by atoms with Crippen molar-refractivity contribution in [2.24, 2.45) is 5.92 Å². The molecule has 5 rings (SSSR count). The molecule has 7 nitrogen and oxygen atoms in total. The Bertz CT molecular complexity index is 1020. The van der Waals surface area contributed by atoms with E-state index in [0.29, 0.717) is 31.3 Å². The standard InChI is InChI=1S/C22H22N4O3S/c27-22(23-16-5-7-18-19(13-16)29-11-10-28-18)15-3-1-9-26(14-15)21-8-6-17(24-25-21)20-4-2-12-30-20/h2,4-8,12-13,15H,1,3,9-11,14H2,(H,23,27). The van der Waals surface area contributed by atoms with Crippen LogP contribution in [-0.4, -0.2) is 42.4 Å². The summed E-state index contributed by atoms with van der Waals surface area (Å²) in [6, 6.07) is 13.5. The van der Waals surface area contributed by atoms with Gasteiger partial charge in [-0.2, -0.15) is 0 Å². The lowest BCUT2D eigenvalue weighted by Crippen LogP contribution is -2.41. The van der Waals surface area contributed by atoms with Crippen molar-refractivity contribution in [3.63, 3.8) is 0 Å². The molecule has 0 aliphatic carbocycles. The first-order chi connectivity index (χ1) is 14.8. The van der Waals surface area contributed by atoms with E-state index >= 15 is 0 Å². The SMILES string of the molecule is O=C(Nc1ccc2c(c1)OCCO2)C1CCCN(c2ccc(-c3cccs3)nn2)C1. The zero-order chi connectivity index (χ0) is 20.3. The highest BCUT2D eigenvalue weighted by atomic mass is 32.1. The number of benzene rings is 1. The van der Waals surface area contributed by atoms with Gasteiger partial charge in [-0.3, -0.25) is 4.79 Å². The summed E-state index contributed by atoms with van der Waals surface area (Å²) in [6.45, 7) is 2.58. The molecule has 2 aliphatic heterocycles. The lowest BCUT2D eigenvalue weighted by molar-refractivity contribution is -0.120. The van der Waals surface area contributed by atoms with Crippen molar-refractivity contribution in [3.8, 4) is 22.1 Å². The molecule has 1 amide bonds. The Kier molecular flexibility index (Phi) is 5.23.